The number of amides is 2. The maximum atomic E-state index is 12.4. The van der Waals surface area contributed by atoms with Crippen molar-refractivity contribution in [3.05, 3.63) is 103 Å². The molecule has 2 amide bonds. The third-order valence-corrected chi connectivity index (χ3v) is 9.74. The number of nitrogens with one attached hydrogen (secondary N) is 4. The molecule has 0 aliphatic carbocycles. The van der Waals surface area contributed by atoms with Gasteiger partial charge in [0.2, 0.25) is 0 Å². The molecule has 0 fully saturated rings. The van der Waals surface area contributed by atoms with Crippen LogP contribution in [-0.2, 0) is 30.7 Å². The molecule has 6 aromatic rings. The van der Waals surface area contributed by atoms with Crippen molar-refractivity contribution >= 4 is 68.2 Å². The van der Waals surface area contributed by atoms with Crippen LogP contribution in [0.5, 0.6) is 0 Å². The Morgan fingerprint density at radius 2 is 1.21 bits per heavy atom. The number of carbonyl (C=O) groups is 4. The number of hydrogen-bond donors (Lipinski definition) is 5. The van der Waals surface area contributed by atoms with E-state index in [1.54, 1.807) is 24.5 Å². The van der Waals surface area contributed by atoms with E-state index >= 15 is 0 Å². The number of aryl methyl sites for hydroxylation is 2. The lowest BCUT2D eigenvalue weighted by Gasteiger charge is -2.05. The lowest BCUT2D eigenvalue weighted by atomic mass is 10.1. The highest BCUT2D eigenvalue weighted by Gasteiger charge is 2.20. The molecule has 5 N–H and O–H groups in total. The maximum Gasteiger partial charge on any atom is 0.348 e. The molecule has 0 atom stereocenters. The number of aromatic amines is 2. The summed E-state index contributed by atoms with van der Waals surface area (Å²) in [7, 11) is 1.34. The first kappa shape index (κ1) is 33.0. The number of esters is 1. The number of carboxylic acid groups (broad SMARTS) is 1. The molecule has 0 radical (unpaired) electrons. The Morgan fingerprint density at radius 3 is 1.64 bits per heavy atom. The zero-order valence-electron chi connectivity index (χ0n) is 25.8. The van der Waals surface area contributed by atoms with Crippen molar-refractivity contribution in [1.29, 1.82) is 0 Å². The van der Waals surface area contributed by atoms with E-state index in [2.05, 4.69) is 31.0 Å². The van der Waals surface area contributed by atoms with Gasteiger partial charge in [0.25, 0.3) is 11.8 Å². The summed E-state index contributed by atoms with van der Waals surface area (Å²) in [6.07, 6.45) is 4.72. The van der Waals surface area contributed by atoms with Crippen LogP contribution >= 0.6 is 22.7 Å². The highest BCUT2D eigenvalue weighted by atomic mass is 32.1. The predicted octanol–water partition coefficient (Wildman–Crippen LogP) is 5.72. The topological polar surface area (TPSA) is 179 Å². The molecule has 0 bridgehead atoms. The molecule has 4 aromatic heterocycles. The summed E-state index contributed by atoms with van der Waals surface area (Å²) in [5.41, 5.74) is 5.29. The van der Waals surface area contributed by atoms with Crippen LogP contribution in [0.2, 0.25) is 0 Å². The molecule has 6 rings (SSSR count). The molecule has 0 saturated carbocycles. The van der Waals surface area contributed by atoms with Gasteiger partial charge in [-0.05, 0) is 59.4 Å². The molecule has 0 aliphatic heterocycles. The van der Waals surface area contributed by atoms with E-state index in [0.717, 1.165) is 61.2 Å². The molecule has 2 aromatic carbocycles. The third kappa shape index (κ3) is 7.39. The van der Waals surface area contributed by atoms with Crippen LogP contribution < -0.4 is 10.6 Å². The van der Waals surface area contributed by atoms with Gasteiger partial charge in [-0.2, -0.15) is 10.2 Å². The van der Waals surface area contributed by atoms with Gasteiger partial charge in [-0.3, -0.25) is 19.8 Å². The summed E-state index contributed by atoms with van der Waals surface area (Å²) < 4.78 is 4.77. The van der Waals surface area contributed by atoms with E-state index < -0.39 is 11.9 Å². The van der Waals surface area contributed by atoms with Crippen LogP contribution in [0, 0.1) is 0 Å². The van der Waals surface area contributed by atoms with Crippen LogP contribution in [0.15, 0.2) is 60.9 Å². The van der Waals surface area contributed by atoms with Crippen LogP contribution in [-0.4, -0.2) is 56.4 Å². The van der Waals surface area contributed by atoms with E-state index in [9.17, 15) is 19.2 Å². The number of methoxy groups -OCH3 is 1. The second-order valence-electron chi connectivity index (χ2n) is 10.3. The summed E-state index contributed by atoms with van der Waals surface area (Å²) in [5.74, 6) is -1.86. The summed E-state index contributed by atoms with van der Waals surface area (Å²) in [6.45, 7) is 4.56. The number of aromatic carboxylic acids is 1. The summed E-state index contributed by atoms with van der Waals surface area (Å²) in [5, 5.41) is 30.6. The van der Waals surface area contributed by atoms with Crippen LogP contribution in [0.1, 0.15) is 74.8 Å². The molecule has 47 heavy (non-hydrogen) atoms. The average Bonchev–Trinajstić information content (AvgIpc) is 3.91. The van der Waals surface area contributed by atoms with Gasteiger partial charge in [0.05, 0.1) is 40.3 Å². The van der Waals surface area contributed by atoms with E-state index in [1.807, 2.05) is 50.2 Å². The molecule has 4 heterocycles. The van der Waals surface area contributed by atoms with E-state index in [4.69, 9.17) is 9.84 Å². The number of carboxylic acids is 1. The number of nitrogens with zero attached hydrogens (tertiary/aromatic N) is 2. The second-order valence-corrected chi connectivity index (χ2v) is 12.4. The lowest BCUT2D eigenvalue weighted by molar-refractivity contribution is 0.0604. The number of fused-ring (bicyclic) bond motifs is 2. The Labute approximate surface area is 277 Å². The van der Waals surface area contributed by atoms with Crippen molar-refractivity contribution in [1.82, 2.24) is 31.0 Å². The third-order valence-electron chi connectivity index (χ3n) is 7.42. The van der Waals surface area contributed by atoms with Gasteiger partial charge < -0.3 is 20.5 Å². The lowest BCUT2D eigenvalue weighted by Crippen LogP contribution is -2.21. The molecule has 0 aliphatic rings. The minimum absolute atomic E-state index is 0.203. The molecule has 0 unspecified atom stereocenters. The Balaban J connectivity index is 0.000000185. The van der Waals surface area contributed by atoms with Crippen LogP contribution in [0.25, 0.3) is 21.8 Å². The van der Waals surface area contributed by atoms with E-state index in [-0.39, 0.29) is 16.7 Å². The van der Waals surface area contributed by atoms with Crippen molar-refractivity contribution < 1.29 is 29.0 Å². The molecule has 14 heteroatoms. The van der Waals surface area contributed by atoms with Crippen molar-refractivity contribution in [2.75, 3.05) is 7.11 Å². The second kappa shape index (κ2) is 14.8. The molecule has 242 valence electrons. The largest absolute Gasteiger partial charge is 0.477 e. The zero-order valence-corrected chi connectivity index (χ0v) is 27.4. The average molecular weight is 673 g/mol. The monoisotopic (exact) mass is 672 g/mol. The van der Waals surface area contributed by atoms with E-state index in [0.29, 0.717) is 46.1 Å². The highest BCUT2D eigenvalue weighted by Crippen LogP contribution is 2.25. The fraction of sp³-hybridized carbons (Fsp3) is 0.212. The smallest absolute Gasteiger partial charge is 0.348 e. The van der Waals surface area contributed by atoms with Gasteiger partial charge in [-0.1, -0.05) is 38.1 Å². The van der Waals surface area contributed by atoms with Crippen molar-refractivity contribution in [3.8, 4) is 0 Å². The molecular formula is C33H32N6O6S2. The number of aromatic nitrogens is 4. The molecule has 0 spiro atoms. The van der Waals surface area contributed by atoms with Gasteiger partial charge in [0, 0.05) is 23.9 Å². The van der Waals surface area contributed by atoms with Crippen molar-refractivity contribution in [2.45, 2.75) is 39.8 Å². The summed E-state index contributed by atoms with van der Waals surface area (Å²) in [4.78, 5) is 49.3. The SMILES string of the molecule is CCc1cc(C(=O)NCc2cccc3[nH]ncc23)sc1C(=O)O.CCc1cc(C(=O)NCc2cccc3[nH]ncc23)sc1C(=O)OC. The van der Waals surface area contributed by atoms with Gasteiger partial charge in [0.1, 0.15) is 9.75 Å². The van der Waals surface area contributed by atoms with Gasteiger partial charge in [-0.25, -0.2) is 9.59 Å². The fourth-order valence-electron chi connectivity index (χ4n) is 4.95. The van der Waals surface area contributed by atoms with Gasteiger partial charge in [0.15, 0.2) is 0 Å². The van der Waals surface area contributed by atoms with Crippen LogP contribution in [0.4, 0.5) is 0 Å². The van der Waals surface area contributed by atoms with Gasteiger partial charge >= 0.3 is 11.9 Å². The Morgan fingerprint density at radius 1 is 0.745 bits per heavy atom. The quantitative estimate of drug-likeness (QED) is 0.115. The first-order chi connectivity index (χ1) is 22.7. The van der Waals surface area contributed by atoms with Gasteiger partial charge in [-0.15, -0.1) is 22.7 Å². The summed E-state index contributed by atoms with van der Waals surface area (Å²) in [6, 6.07) is 14.9. The zero-order chi connectivity index (χ0) is 33.5. The number of hydrogen-bond acceptors (Lipinski definition) is 9. The first-order valence-corrected chi connectivity index (χ1v) is 16.3. The predicted molar refractivity (Wildman–Crippen MR) is 180 cm³/mol. The number of H-pyrrole nitrogens is 2. The number of carbonyl (C=O) groups excluding carboxylic acids is 3. The van der Waals surface area contributed by atoms with Crippen molar-refractivity contribution in [3.63, 3.8) is 0 Å². The maximum absolute atomic E-state index is 12.4. The molecular weight excluding hydrogens is 641 g/mol. The minimum Gasteiger partial charge on any atom is -0.477 e. The van der Waals surface area contributed by atoms with Crippen molar-refractivity contribution in [2.24, 2.45) is 0 Å². The number of benzene rings is 2. The molecule has 12 nitrogen and oxygen atoms in total. The standard InChI is InChI=1S/C17H17N3O3S.C16H15N3O3S/c1-3-10-7-14(24-15(10)17(22)23-2)16(21)18-8-11-5-4-6-13-12(11)9-19-20-13;1-2-9-6-13(23-14(9)16(21)22)15(20)17-7-10-4-3-5-12-11(10)8-18-19-12/h4-7,9H,3,8H2,1-2H3,(H,18,21)(H,19,20);3-6,8H,2,7H2,1H3,(H,17,20)(H,18,19)(H,21,22). The fourth-order valence-corrected chi connectivity index (χ4v) is 7.04. The highest BCUT2D eigenvalue weighted by molar-refractivity contribution is 7.16. The Kier molecular flexibility index (Phi) is 10.4. The number of rotatable bonds is 10. The number of thiophene rings is 2. The minimum atomic E-state index is -0.992. The Bertz CT molecular complexity index is 2070. The normalized spacial score (nSPS) is 10.8. The Hall–Kier alpha value is -5.34. The number of ether oxygens (including phenoxy) is 1. The van der Waals surface area contributed by atoms with E-state index in [1.165, 1.54) is 7.11 Å². The van der Waals surface area contributed by atoms with Crippen LogP contribution in [0.3, 0.4) is 0 Å². The molecule has 0 saturated heterocycles. The first-order valence-electron chi connectivity index (χ1n) is 14.7. The summed E-state index contributed by atoms with van der Waals surface area (Å²) >= 11 is 2.17.